The van der Waals surface area contributed by atoms with E-state index in [1.807, 2.05) is 0 Å². The Morgan fingerprint density at radius 3 is 3.00 bits per heavy atom. The van der Waals surface area contributed by atoms with Crippen LogP contribution in [0.15, 0.2) is 12.3 Å². The number of nitrogens with zero attached hydrogens (tertiary/aromatic N) is 2. The maximum absolute atomic E-state index is 10.8. The van der Waals surface area contributed by atoms with Crippen molar-refractivity contribution in [1.82, 2.24) is 9.78 Å². The second-order valence-electron chi connectivity index (χ2n) is 1.93. The van der Waals surface area contributed by atoms with E-state index in [2.05, 4.69) is 5.10 Å². The maximum Gasteiger partial charge on any atom is 0.197 e. The van der Waals surface area contributed by atoms with Crippen molar-refractivity contribution in [1.29, 1.82) is 0 Å². The number of aryl methyl sites for hydroxylation is 1. The molecule has 0 spiro atoms. The van der Waals surface area contributed by atoms with Gasteiger partial charge in [0.2, 0.25) is 0 Å². The van der Waals surface area contributed by atoms with Gasteiger partial charge in [-0.3, -0.25) is 9.48 Å². The highest BCUT2D eigenvalue weighted by Crippen LogP contribution is 1.96. The molecule has 54 valence electrons. The molecule has 0 aliphatic heterocycles. The number of hydrogen-bond donors (Lipinski definition) is 0. The molecule has 0 fully saturated rings. The Morgan fingerprint density at radius 1 is 1.90 bits per heavy atom. The molecule has 3 nitrogen and oxygen atoms in total. The van der Waals surface area contributed by atoms with Crippen LogP contribution in [0.25, 0.3) is 0 Å². The first-order valence-corrected chi connectivity index (χ1v) is 3.36. The minimum absolute atomic E-state index is 0.00296. The normalized spacial score (nSPS) is 9.80. The molecule has 0 unspecified atom stereocenters. The van der Waals surface area contributed by atoms with Gasteiger partial charge < -0.3 is 0 Å². The van der Waals surface area contributed by atoms with E-state index in [1.165, 1.54) is 0 Å². The number of aromatic nitrogens is 2. The molecule has 1 rings (SSSR count). The second-order valence-corrected chi connectivity index (χ2v) is 2.20. The first kappa shape index (κ1) is 7.28. The van der Waals surface area contributed by atoms with E-state index in [1.54, 1.807) is 24.0 Å². The fourth-order valence-electron chi connectivity index (χ4n) is 0.632. The van der Waals surface area contributed by atoms with Gasteiger partial charge in [-0.1, -0.05) is 0 Å². The quantitative estimate of drug-likeness (QED) is 0.472. The predicted octanol–water partition coefficient (Wildman–Crippen LogP) is 0.842. The number of halogens is 1. The Morgan fingerprint density at radius 2 is 2.60 bits per heavy atom. The standard InChI is InChI=1S/C6H7ClN2O/c1-9-3-2-5(8-9)6(10)4-7/h2-3H,4H2,1H3. The van der Waals surface area contributed by atoms with Crippen LogP contribution in [0.4, 0.5) is 0 Å². The Hall–Kier alpha value is -0.830. The van der Waals surface area contributed by atoms with Crippen LogP contribution in [0.5, 0.6) is 0 Å². The van der Waals surface area contributed by atoms with Crippen LogP contribution in [0, 0.1) is 0 Å². The van der Waals surface area contributed by atoms with Gasteiger partial charge in [0, 0.05) is 13.2 Å². The minimum Gasteiger partial charge on any atom is -0.291 e. The molecule has 0 N–H and O–H groups in total. The number of carbonyl (C=O) groups is 1. The number of hydrogen-bond acceptors (Lipinski definition) is 2. The molecule has 0 amide bonds. The lowest BCUT2D eigenvalue weighted by molar-refractivity contribution is 0.101. The van der Waals surface area contributed by atoms with Crippen LogP contribution in [-0.2, 0) is 7.05 Å². The van der Waals surface area contributed by atoms with Crippen molar-refractivity contribution in [2.45, 2.75) is 0 Å². The monoisotopic (exact) mass is 158 g/mol. The lowest BCUT2D eigenvalue weighted by Gasteiger charge is -1.86. The summed E-state index contributed by atoms with van der Waals surface area (Å²) in [4.78, 5) is 10.8. The summed E-state index contributed by atoms with van der Waals surface area (Å²) in [5.74, 6) is -0.140. The zero-order chi connectivity index (χ0) is 7.56. The molecule has 1 aromatic rings. The van der Waals surface area contributed by atoms with Crippen molar-refractivity contribution >= 4 is 17.4 Å². The molecule has 0 aliphatic rings. The van der Waals surface area contributed by atoms with Crippen molar-refractivity contribution in [3.63, 3.8) is 0 Å². The van der Waals surface area contributed by atoms with Crippen molar-refractivity contribution in [3.8, 4) is 0 Å². The van der Waals surface area contributed by atoms with E-state index in [-0.39, 0.29) is 11.7 Å². The summed E-state index contributed by atoms with van der Waals surface area (Å²) in [6.45, 7) is 0. The molecule has 0 atom stereocenters. The Kier molecular flexibility index (Phi) is 2.06. The third kappa shape index (κ3) is 1.36. The lowest BCUT2D eigenvalue weighted by atomic mass is 10.3. The average molecular weight is 159 g/mol. The first-order valence-electron chi connectivity index (χ1n) is 2.83. The largest absolute Gasteiger partial charge is 0.291 e. The summed E-state index contributed by atoms with van der Waals surface area (Å²) < 4.78 is 1.57. The molecule has 10 heavy (non-hydrogen) atoms. The zero-order valence-electron chi connectivity index (χ0n) is 5.54. The Labute approximate surface area is 63.6 Å². The third-order valence-corrected chi connectivity index (χ3v) is 1.36. The maximum atomic E-state index is 10.8. The fraction of sp³-hybridized carbons (Fsp3) is 0.333. The second kappa shape index (κ2) is 2.84. The van der Waals surface area contributed by atoms with Crippen LogP contribution >= 0.6 is 11.6 Å². The average Bonchev–Trinajstić information content (AvgIpc) is 2.34. The van der Waals surface area contributed by atoms with Crippen molar-refractivity contribution in [2.24, 2.45) is 7.05 Å². The molecular weight excluding hydrogens is 152 g/mol. The summed E-state index contributed by atoms with van der Waals surface area (Å²) in [6.07, 6.45) is 1.71. The van der Waals surface area contributed by atoms with Crippen molar-refractivity contribution in [3.05, 3.63) is 18.0 Å². The van der Waals surface area contributed by atoms with E-state index < -0.39 is 0 Å². The highest BCUT2D eigenvalue weighted by atomic mass is 35.5. The fourth-order valence-corrected chi connectivity index (χ4v) is 0.769. The highest BCUT2D eigenvalue weighted by Gasteiger charge is 2.05. The predicted molar refractivity (Wildman–Crippen MR) is 38.3 cm³/mol. The summed E-state index contributed by atoms with van der Waals surface area (Å²) >= 11 is 5.30. The first-order chi connectivity index (χ1) is 4.74. The van der Waals surface area contributed by atoms with Gasteiger partial charge in [0.25, 0.3) is 0 Å². The SMILES string of the molecule is Cn1ccc(C(=O)CCl)n1. The number of carbonyl (C=O) groups excluding carboxylic acids is 1. The summed E-state index contributed by atoms with van der Waals surface area (Å²) in [5.41, 5.74) is 0.428. The third-order valence-electron chi connectivity index (χ3n) is 1.12. The molecule has 0 saturated heterocycles. The van der Waals surface area contributed by atoms with E-state index in [0.717, 1.165) is 0 Å². The van der Waals surface area contributed by atoms with Gasteiger partial charge >= 0.3 is 0 Å². The van der Waals surface area contributed by atoms with Crippen molar-refractivity contribution < 1.29 is 4.79 Å². The molecule has 0 aliphatic carbocycles. The lowest BCUT2D eigenvalue weighted by Crippen LogP contribution is -2.01. The van der Waals surface area contributed by atoms with Crippen molar-refractivity contribution in [2.75, 3.05) is 5.88 Å². The number of Topliss-reactive ketones (excluding diaryl/α,β-unsaturated/α-hetero) is 1. The summed E-state index contributed by atoms with van der Waals surface area (Å²) in [6, 6.07) is 1.64. The molecule has 0 radical (unpaired) electrons. The van der Waals surface area contributed by atoms with E-state index in [9.17, 15) is 4.79 Å². The zero-order valence-corrected chi connectivity index (χ0v) is 6.30. The van der Waals surface area contributed by atoms with E-state index in [0.29, 0.717) is 5.69 Å². The molecular formula is C6H7ClN2O. The topological polar surface area (TPSA) is 34.9 Å². The molecule has 0 saturated carbocycles. The van der Waals surface area contributed by atoms with Crippen LogP contribution in [0.2, 0.25) is 0 Å². The minimum atomic E-state index is -0.137. The molecule has 1 aromatic heterocycles. The van der Waals surface area contributed by atoms with Crippen LogP contribution in [0.3, 0.4) is 0 Å². The Bertz CT molecular complexity index is 244. The van der Waals surface area contributed by atoms with Gasteiger partial charge in [-0.25, -0.2) is 0 Å². The summed E-state index contributed by atoms with van der Waals surface area (Å²) in [7, 11) is 1.75. The molecule has 4 heteroatoms. The van der Waals surface area contributed by atoms with Crippen LogP contribution in [0.1, 0.15) is 10.5 Å². The molecule has 0 bridgehead atoms. The van der Waals surface area contributed by atoms with E-state index >= 15 is 0 Å². The molecule has 0 aromatic carbocycles. The van der Waals surface area contributed by atoms with Gasteiger partial charge in [-0.05, 0) is 6.07 Å². The van der Waals surface area contributed by atoms with E-state index in [4.69, 9.17) is 11.6 Å². The van der Waals surface area contributed by atoms with Gasteiger partial charge in [-0.15, -0.1) is 11.6 Å². The number of alkyl halides is 1. The highest BCUT2D eigenvalue weighted by molar-refractivity contribution is 6.30. The Balaban J connectivity index is 2.85. The van der Waals surface area contributed by atoms with Gasteiger partial charge in [-0.2, -0.15) is 5.10 Å². The number of ketones is 1. The number of rotatable bonds is 2. The summed E-state index contributed by atoms with van der Waals surface area (Å²) in [5, 5.41) is 3.86. The van der Waals surface area contributed by atoms with Crippen LogP contribution in [-0.4, -0.2) is 21.4 Å². The van der Waals surface area contributed by atoms with Crippen LogP contribution < -0.4 is 0 Å². The smallest absolute Gasteiger partial charge is 0.197 e. The van der Waals surface area contributed by atoms with Gasteiger partial charge in [0.1, 0.15) is 5.69 Å². The molecule has 1 heterocycles. The van der Waals surface area contributed by atoms with Gasteiger partial charge in [0.15, 0.2) is 5.78 Å². The van der Waals surface area contributed by atoms with Gasteiger partial charge in [0.05, 0.1) is 5.88 Å².